The molecule has 0 aliphatic carbocycles. The number of hydrogen-bond acceptors (Lipinski definition) is 5. The number of anilines is 1. The van der Waals surface area contributed by atoms with Gasteiger partial charge in [0.2, 0.25) is 0 Å². The van der Waals surface area contributed by atoms with Gasteiger partial charge in [-0.3, -0.25) is 9.59 Å². The first kappa shape index (κ1) is 20.2. The molecule has 0 bridgehead atoms. The molecule has 0 spiro atoms. The highest BCUT2D eigenvalue weighted by Crippen LogP contribution is 2.26. The molecule has 3 aromatic rings. The van der Waals surface area contributed by atoms with Crippen LogP contribution in [0, 0.1) is 0 Å². The van der Waals surface area contributed by atoms with E-state index in [1.165, 1.54) is 15.9 Å². The fourth-order valence-corrected chi connectivity index (χ4v) is 4.54. The van der Waals surface area contributed by atoms with Crippen LogP contribution in [-0.4, -0.2) is 46.4 Å². The van der Waals surface area contributed by atoms with E-state index in [1.807, 2.05) is 30.3 Å². The summed E-state index contributed by atoms with van der Waals surface area (Å²) >= 11 is 0. The van der Waals surface area contributed by atoms with E-state index in [4.69, 9.17) is 0 Å². The number of aromatic nitrogens is 3. The van der Waals surface area contributed by atoms with Gasteiger partial charge >= 0.3 is 0 Å². The van der Waals surface area contributed by atoms with Crippen LogP contribution in [0.5, 0.6) is 0 Å². The second-order valence-corrected chi connectivity index (χ2v) is 8.23. The largest absolute Gasteiger partial charge is 0.371 e. The molecule has 2 amide bonds. The molecule has 164 valence electrons. The van der Waals surface area contributed by atoms with Gasteiger partial charge in [0.15, 0.2) is 11.4 Å². The van der Waals surface area contributed by atoms with Crippen molar-refractivity contribution < 1.29 is 9.59 Å². The van der Waals surface area contributed by atoms with Crippen molar-refractivity contribution in [3.8, 4) is 0 Å². The Bertz CT molecular complexity index is 1130. The van der Waals surface area contributed by atoms with Gasteiger partial charge in [-0.25, -0.2) is 4.68 Å². The molecule has 3 heterocycles. The molecule has 2 aromatic carbocycles. The van der Waals surface area contributed by atoms with Crippen molar-refractivity contribution in [2.24, 2.45) is 0 Å². The second-order valence-electron chi connectivity index (χ2n) is 8.23. The van der Waals surface area contributed by atoms with Gasteiger partial charge in [-0.2, -0.15) is 0 Å². The van der Waals surface area contributed by atoms with E-state index in [0.717, 1.165) is 37.9 Å². The van der Waals surface area contributed by atoms with E-state index in [1.54, 1.807) is 0 Å². The molecular formula is C24H26N6O2. The van der Waals surface area contributed by atoms with Crippen molar-refractivity contribution in [3.05, 3.63) is 77.1 Å². The standard InChI is InChI=1S/C24H26N6O2/c31-23(25-13-7-15-29-14-6-11-18-10-4-5-12-20(18)29)21-22-24(32)26-19(16-30(22)28-27-21)17-8-2-1-3-9-17/h1-5,8-10,12,19H,6-7,11,13-16H2,(H,25,31)(H,26,32)/t19-/m1/s1. The Kier molecular flexibility index (Phi) is 5.58. The van der Waals surface area contributed by atoms with Crippen molar-refractivity contribution in [2.45, 2.75) is 31.8 Å². The predicted molar refractivity (Wildman–Crippen MR) is 121 cm³/mol. The van der Waals surface area contributed by atoms with E-state index in [-0.39, 0.29) is 29.2 Å². The first-order valence-electron chi connectivity index (χ1n) is 11.1. The average Bonchev–Trinajstić information content (AvgIpc) is 3.27. The maximum absolute atomic E-state index is 12.7. The van der Waals surface area contributed by atoms with Crippen molar-refractivity contribution in [1.82, 2.24) is 25.6 Å². The van der Waals surface area contributed by atoms with Gasteiger partial charge in [0.05, 0.1) is 12.6 Å². The number of para-hydroxylation sites is 1. The Hall–Kier alpha value is -3.68. The summed E-state index contributed by atoms with van der Waals surface area (Å²) in [6, 6.07) is 18.0. The van der Waals surface area contributed by atoms with Crippen LogP contribution in [0.4, 0.5) is 5.69 Å². The maximum atomic E-state index is 12.7. The van der Waals surface area contributed by atoms with E-state index in [2.05, 4.69) is 50.1 Å². The number of fused-ring (bicyclic) bond motifs is 2. The van der Waals surface area contributed by atoms with Crippen LogP contribution in [0.15, 0.2) is 54.6 Å². The molecule has 0 saturated carbocycles. The zero-order chi connectivity index (χ0) is 21.9. The number of benzene rings is 2. The number of carbonyl (C=O) groups is 2. The Morgan fingerprint density at radius 1 is 1.12 bits per heavy atom. The van der Waals surface area contributed by atoms with Crippen molar-refractivity contribution in [3.63, 3.8) is 0 Å². The van der Waals surface area contributed by atoms with Crippen LogP contribution in [0.2, 0.25) is 0 Å². The molecule has 32 heavy (non-hydrogen) atoms. The summed E-state index contributed by atoms with van der Waals surface area (Å²) in [5.41, 5.74) is 3.98. The third-order valence-electron chi connectivity index (χ3n) is 6.12. The third-order valence-corrected chi connectivity index (χ3v) is 6.12. The summed E-state index contributed by atoms with van der Waals surface area (Å²) in [7, 11) is 0. The Morgan fingerprint density at radius 3 is 2.81 bits per heavy atom. The number of amides is 2. The first-order valence-corrected chi connectivity index (χ1v) is 11.1. The fraction of sp³-hybridized carbons (Fsp3) is 0.333. The molecule has 0 unspecified atom stereocenters. The lowest BCUT2D eigenvalue weighted by molar-refractivity contribution is 0.0876. The quantitative estimate of drug-likeness (QED) is 0.586. The lowest BCUT2D eigenvalue weighted by Gasteiger charge is -2.31. The predicted octanol–water partition coefficient (Wildman–Crippen LogP) is 2.34. The molecule has 0 saturated heterocycles. The SMILES string of the molecule is O=C(NCCCN1CCCc2ccccc21)c1nnn2c1C(=O)N[C@@H](c1ccccc1)C2. The van der Waals surface area contributed by atoms with Gasteiger partial charge in [-0.15, -0.1) is 5.10 Å². The second kappa shape index (κ2) is 8.82. The Balaban J connectivity index is 1.18. The average molecular weight is 431 g/mol. The molecule has 2 N–H and O–H groups in total. The van der Waals surface area contributed by atoms with Crippen LogP contribution in [0.1, 0.15) is 51.0 Å². The molecule has 1 atom stereocenters. The minimum Gasteiger partial charge on any atom is -0.371 e. The van der Waals surface area contributed by atoms with Gasteiger partial charge in [-0.05, 0) is 36.5 Å². The molecule has 8 heteroatoms. The Labute approximate surface area is 186 Å². The lowest BCUT2D eigenvalue weighted by atomic mass is 10.0. The van der Waals surface area contributed by atoms with Gasteiger partial charge in [0, 0.05) is 25.3 Å². The van der Waals surface area contributed by atoms with Crippen LogP contribution >= 0.6 is 0 Å². The van der Waals surface area contributed by atoms with Gasteiger partial charge < -0.3 is 15.5 Å². The smallest absolute Gasteiger partial charge is 0.274 e. The number of hydrogen-bond donors (Lipinski definition) is 2. The normalized spacial score (nSPS) is 17.3. The number of nitrogens with zero attached hydrogens (tertiary/aromatic N) is 4. The number of aryl methyl sites for hydroxylation is 1. The molecule has 2 aliphatic heterocycles. The van der Waals surface area contributed by atoms with E-state index < -0.39 is 0 Å². The summed E-state index contributed by atoms with van der Waals surface area (Å²) in [4.78, 5) is 27.8. The molecule has 0 radical (unpaired) electrons. The van der Waals surface area contributed by atoms with Crippen LogP contribution < -0.4 is 15.5 Å². The summed E-state index contributed by atoms with van der Waals surface area (Å²) in [5, 5.41) is 13.9. The molecule has 8 nitrogen and oxygen atoms in total. The van der Waals surface area contributed by atoms with E-state index in [9.17, 15) is 9.59 Å². The summed E-state index contributed by atoms with van der Waals surface area (Å²) in [5.74, 6) is -0.691. The molecule has 5 rings (SSSR count). The maximum Gasteiger partial charge on any atom is 0.274 e. The highest BCUT2D eigenvalue weighted by molar-refractivity contribution is 6.05. The fourth-order valence-electron chi connectivity index (χ4n) is 4.54. The zero-order valence-corrected chi connectivity index (χ0v) is 17.8. The van der Waals surface area contributed by atoms with Crippen LogP contribution in [0.25, 0.3) is 0 Å². The minimum absolute atomic E-state index is 0.0809. The molecule has 0 fully saturated rings. The van der Waals surface area contributed by atoms with Crippen LogP contribution in [0.3, 0.4) is 0 Å². The number of nitrogens with one attached hydrogen (secondary N) is 2. The highest BCUT2D eigenvalue weighted by atomic mass is 16.2. The first-order chi connectivity index (χ1) is 15.7. The molecule has 1 aromatic heterocycles. The summed E-state index contributed by atoms with van der Waals surface area (Å²) < 4.78 is 1.52. The van der Waals surface area contributed by atoms with Gasteiger partial charge in [-0.1, -0.05) is 53.7 Å². The summed E-state index contributed by atoms with van der Waals surface area (Å²) in [6.45, 7) is 2.86. The highest BCUT2D eigenvalue weighted by Gasteiger charge is 2.32. The zero-order valence-electron chi connectivity index (χ0n) is 17.8. The molecular weight excluding hydrogens is 404 g/mol. The minimum atomic E-state index is -0.362. The van der Waals surface area contributed by atoms with Gasteiger partial charge in [0.1, 0.15) is 0 Å². The van der Waals surface area contributed by atoms with E-state index >= 15 is 0 Å². The van der Waals surface area contributed by atoms with Crippen molar-refractivity contribution >= 4 is 17.5 Å². The lowest BCUT2D eigenvalue weighted by Crippen LogP contribution is -2.40. The number of carbonyl (C=O) groups excluding carboxylic acids is 2. The topological polar surface area (TPSA) is 92.2 Å². The third kappa shape index (κ3) is 3.95. The summed E-state index contributed by atoms with van der Waals surface area (Å²) in [6.07, 6.45) is 3.08. The van der Waals surface area contributed by atoms with Crippen LogP contribution in [-0.2, 0) is 13.0 Å². The van der Waals surface area contributed by atoms with Crippen molar-refractivity contribution in [1.29, 1.82) is 0 Å². The van der Waals surface area contributed by atoms with Gasteiger partial charge in [0.25, 0.3) is 11.8 Å². The monoisotopic (exact) mass is 430 g/mol. The molecule has 2 aliphatic rings. The van der Waals surface area contributed by atoms with Crippen molar-refractivity contribution in [2.75, 3.05) is 24.5 Å². The number of rotatable bonds is 6. The van der Waals surface area contributed by atoms with E-state index in [0.29, 0.717) is 13.1 Å². The Morgan fingerprint density at radius 2 is 1.94 bits per heavy atom.